The number of carbonyl (C=O) groups is 1. The van der Waals surface area contributed by atoms with E-state index >= 15 is 0 Å². The molecule has 2 unspecified atom stereocenters. The molecular formula is C24H27NO6. The van der Waals surface area contributed by atoms with Crippen LogP contribution in [0.4, 0.5) is 0 Å². The van der Waals surface area contributed by atoms with Gasteiger partial charge in [-0.15, -0.1) is 0 Å². The van der Waals surface area contributed by atoms with Gasteiger partial charge in [0, 0.05) is 31.0 Å². The number of ether oxygens (including phenoxy) is 5. The third-order valence-electron chi connectivity index (χ3n) is 5.64. The second kappa shape index (κ2) is 9.20. The van der Waals surface area contributed by atoms with Crippen LogP contribution in [0.2, 0.25) is 0 Å². The summed E-state index contributed by atoms with van der Waals surface area (Å²) in [6, 6.07) is 13.5. The number of hydrogen-bond acceptors (Lipinski definition) is 6. The van der Waals surface area contributed by atoms with E-state index in [0.29, 0.717) is 42.3 Å². The zero-order valence-corrected chi connectivity index (χ0v) is 18.0. The molecule has 0 aliphatic carbocycles. The highest BCUT2D eigenvalue weighted by Crippen LogP contribution is 2.39. The molecule has 0 N–H and O–H groups in total. The predicted molar refractivity (Wildman–Crippen MR) is 114 cm³/mol. The van der Waals surface area contributed by atoms with Gasteiger partial charge >= 0.3 is 0 Å². The minimum absolute atomic E-state index is 0.0814. The topological polar surface area (TPSA) is 66.5 Å². The van der Waals surface area contributed by atoms with Crippen molar-refractivity contribution >= 4 is 5.91 Å². The molecule has 4 rings (SSSR count). The normalized spacial score (nSPS) is 20.0. The Kier molecular flexibility index (Phi) is 6.21. The lowest BCUT2D eigenvalue weighted by molar-refractivity contribution is -0.0356. The van der Waals surface area contributed by atoms with Crippen LogP contribution in [0.15, 0.2) is 54.5 Å². The number of methoxy groups -OCH3 is 3. The van der Waals surface area contributed by atoms with Crippen LogP contribution in [0.1, 0.15) is 22.3 Å². The summed E-state index contributed by atoms with van der Waals surface area (Å²) >= 11 is 0. The average Bonchev–Trinajstić information content (AvgIpc) is 3.48. The van der Waals surface area contributed by atoms with Gasteiger partial charge in [-0.3, -0.25) is 4.79 Å². The Labute approximate surface area is 182 Å². The Morgan fingerprint density at radius 2 is 1.77 bits per heavy atom. The van der Waals surface area contributed by atoms with Crippen molar-refractivity contribution in [3.63, 3.8) is 0 Å². The van der Waals surface area contributed by atoms with E-state index in [1.54, 1.807) is 18.4 Å². The summed E-state index contributed by atoms with van der Waals surface area (Å²) in [5.74, 6) is 2.22. The summed E-state index contributed by atoms with van der Waals surface area (Å²) in [4.78, 5) is 15.0. The van der Waals surface area contributed by atoms with E-state index in [9.17, 15) is 4.79 Å². The van der Waals surface area contributed by atoms with Crippen LogP contribution in [-0.2, 0) is 15.9 Å². The molecule has 0 radical (unpaired) electrons. The summed E-state index contributed by atoms with van der Waals surface area (Å²) in [6.45, 7) is 1.22. The largest absolute Gasteiger partial charge is 0.493 e. The quantitative estimate of drug-likeness (QED) is 0.675. The summed E-state index contributed by atoms with van der Waals surface area (Å²) in [5.41, 5.74) is 1.66. The van der Waals surface area contributed by atoms with E-state index in [4.69, 9.17) is 23.7 Å². The summed E-state index contributed by atoms with van der Waals surface area (Å²) < 4.78 is 27.8. The van der Waals surface area contributed by atoms with Gasteiger partial charge in [-0.25, -0.2) is 0 Å². The molecule has 7 heteroatoms. The lowest BCUT2D eigenvalue weighted by Gasteiger charge is -2.19. The van der Waals surface area contributed by atoms with Crippen LogP contribution in [0.5, 0.6) is 17.2 Å². The third kappa shape index (κ3) is 4.40. The van der Waals surface area contributed by atoms with Gasteiger partial charge in [0.1, 0.15) is 12.0 Å². The van der Waals surface area contributed by atoms with Gasteiger partial charge in [-0.05, 0) is 24.1 Å². The Morgan fingerprint density at radius 1 is 1.06 bits per heavy atom. The minimum atomic E-state index is -0.322. The molecule has 0 saturated carbocycles. The second-order valence-electron chi connectivity index (χ2n) is 7.54. The van der Waals surface area contributed by atoms with E-state index in [-0.39, 0.29) is 18.1 Å². The Hall–Kier alpha value is -3.35. The molecule has 1 saturated heterocycles. The van der Waals surface area contributed by atoms with E-state index < -0.39 is 0 Å². The lowest BCUT2D eigenvalue weighted by atomic mass is 10.1. The number of carbonyl (C=O) groups excluding carboxylic acids is 1. The third-order valence-corrected chi connectivity index (χ3v) is 5.64. The van der Waals surface area contributed by atoms with Crippen LogP contribution in [0.3, 0.4) is 0 Å². The van der Waals surface area contributed by atoms with E-state index in [0.717, 1.165) is 17.7 Å². The van der Waals surface area contributed by atoms with Gasteiger partial charge in [0.2, 0.25) is 12.0 Å². The van der Waals surface area contributed by atoms with Crippen molar-refractivity contribution in [1.29, 1.82) is 0 Å². The molecule has 1 amide bonds. The molecule has 2 aliphatic heterocycles. The molecule has 1 fully saturated rings. The highest BCUT2D eigenvalue weighted by Gasteiger charge is 2.34. The van der Waals surface area contributed by atoms with Gasteiger partial charge in [0.15, 0.2) is 11.5 Å². The second-order valence-corrected chi connectivity index (χ2v) is 7.54. The van der Waals surface area contributed by atoms with Gasteiger partial charge in [-0.1, -0.05) is 30.3 Å². The smallest absolute Gasteiger partial charge is 0.254 e. The summed E-state index contributed by atoms with van der Waals surface area (Å²) in [6.07, 6.45) is 2.88. The molecule has 2 aromatic carbocycles. The highest BCUT2D eigenvalue weighted by atomic mass is 16.7. The molecule has 0 spiro atoms. The maximum absolute atomic E-state index is 13.1. The van der Waals surface area contributed by atoms with Gasteiger partial charge in [0.05, 0.1) is 21.3 Å². The van der Waals surface area contributed by atoms with Crippen molar-refractivity contribution in [3.8, 4) is 17.2 Å². The monoisotopic (exact) mass is 425 g/mol. The van der Waals surface area contributed by atoms with Crippen molar-refractivity contribution in [1.82, 2.24) is 4.90 Å². The number of nitrogens with zero attached hydrogens (tertiary/aromatic N) is 1. The molecule has 31 heavy (non-hydrogen) atoms. The van der Waals surface area contributed by atoms with Crippen LogP contribution in [-0.4, -0.2) is 51.5 Å². The molecule has 0 bridgehead atoms. The zero-order chi connectivity index (χ0) is 21.8. The summed E-state index contributed by atoms with van der Waals surface area (Å²) in [7, 11) is 4.61. The first kappa shape index (κ1) is 20.9. The molecule has 2 heterocycles. The molecule has 2 aromatic rings. The molecule has 2 atom stereocenters. The van der Waals surface area contributed by atoms with E-state index in [2.05, 4.69) is 12.1 Å². The minimum Gasteiger partial charge on any atom is -0.493 e. The van der Waals surface area contributed by atoms with Crippen molar-refractivity contribution in [2.45, 2.75) is 19.1 Å². The standard InChI is InChI=1S/C24H27NO6/c1-27-19-12-18(13-20(28-2)23(19)29-3)24(26)25-10-9-17(14-25)21-15-30-22(31-21)11-16-7-5-4-6-8-16/h4-8,12-13,15,17,22H,9-11,14H2,1-3H3. The fraction of sp³-hybridized carbons (Fsp3) is 0.375. The van der Waals surface area contributed by atoms with Crippen molar-refractivity contribution in [2.75, 3.05) is 34.4 Å². The number of amides is 1. The number of hydrogen-bond donors (Lipinski definition) is 0. The van der Waals surface area contributed by atoms with Crippen molar-refractivity contribution < 1.29 is 28.5 Å². The van der Waals surface area contributed by atoms with Gasteiger partial charge in [0.25, 0.3) is 5.91 Å². The number of likely N-dealkylation sites (tertiary alicyclic amines) is 1. The zero-order valence-electron chi connectivity index (χ0n) is 18.0. The van der Waals surface area contributed by atoms with Crippen molar-refractivity contribution in [2.24, 2.45) is 5.92 Å². The molecule has 164 valence electrons. The number of rotatable bonds is 7. The van der Waals surface area contributed by atoms with Crippen LogP contribution in [0, 0.1) is 5.92 Å². The lowest BCUT2D eigenvalue weighted by Crippen LogP contribution is -2.29. The highest BCUT2D eigenvalue weighted by molar-refractivity contribution is 5.95. The Morgan fingerprint density at radius 3 is 2.42 bits per heavy atom. The molecule has 7 nitrogen and oxygen atoms in total. The number of benzene rings is 2. The Bertz CT molecular complexity index is 933. The predicted octanol–water partition coefficient (Wildman–Crippen LogP) is 3.63. The Balaban J connectivity index is 1.39. The van der Waals surface area contributed by atoms with Crippen LogP contribution < -0.4 is 14.2 Å². The van der Waals surface area contributed by atoms with Crippen molar-refractivity contribution in [3.05, 3.63) is 65.6 Å². The van der Waals surface area contributed by atoms with Gasteiger partial charge < -0.3 is 28.6 Å². The molecular weight excluding hydrogens is 398 g/mol. The molecule has 0 aromatic heterocycles. The molecule has 2 aliphatic rings. The van der Waals surface area contributed by atoms with E-state index in [1.807, 2.05) is 23.1 Å². The maximum Gasteiger partial charge on any atom is 0.254 e. The maximum atomic E-state index is 13.1. The fourth-order valence-corrected chi connectivity index (χ4v) is 4.00. The van der Waals surface area contributed by atoms with E-state index in [1.165, 1.54) is 21.3 Å². The summed E-state index contributed by atoms with van der Waals surface area (Å²) in [5, 5.41) is 0. The van der Waals surface area contributed by atoms with Crippen LogP contribution in [0.25, 0.3) is 0 Å². The van der Waals surface area contributed by atoms with Crippen LogP contribution >= 0.6 is 0 Å². The first-order valence-electron chi connectivity index (χ1n) is 10.3. The van der Waals surface area contributed by atoms with Gasteiger partial charge in [-0.2, -0.15) is 0 Å². The SMILES string of the molecule is COc1cc(C(=O)N2CCC(C3=COC(Cc4ccccc4)O3)C2)cc(OC)c1OC. The first-order valence-corrected chi connectivity index (χ1v) is 10.3. The first-order chi connectivity index (χ1) is 15.1. The average molecular weight is 425 g/mol. The fourth-order valence-electron chi connectivity index (χ4n) is 4.00.